The Morgan fingerprint density at radius 1 is 1.25 bits per heavy atom. The summed E-state index contributed by atoms with van der Waals surface area (Å²) >= 11 is 0. The van der Waals surface area contributed by atoms with Crippen LogP contribution in [0.2, 0.25) is 0 Å². The van der Waals surface area contributed by atoms with Gasteiger partial charge in [0.2, 0.25) is 5.76 Å². The van der Waals surface area contributed by atoms with Crippen molar-refractivity contribution >= 4 is 5.91 Å². The van der Waals surface area contributed by atoms with Gasteiger partial charge >= 0.3 is 0 Å². The van der Waals surface area contributed by atoms with Crippen LogP contribution in [0, 0.1) is 0 Å². The molecule has 1 aromatic heterocycles. The fourth-order valence-electron chi connectivity index (χ4n) is 3.78. The van der Waals surface area contributed by atoms with E-state index < -0.39 is 0 Å². The van der Waals surface area contributed by atoms with Gasteiger partial charge in [-0.3, -0.25) is 4.79 Å². The second-order valence-electron chi connectivity index (χ2n) is 7.69. The third kappa shape index (κ3) is 4.20. The lowest BCUT2D eigenvalue weighted by Gasteiger charge is -2.42. The number of nitrogens with one attached hydrogen (secondary N) is 1. The Labute approximate surface area is 165 Å². The average Bonchev–Trinajstić information content (AvgIpc) is 3.18. The molecule has 2 saturated heterocycles. The lowest BCUT2D eigenvalue weighted by atomic mass is 9.90. The highest BCUT2D eigenvalue weighted by atomic mass is 16.5. The average molecular weight is 385 g/mol. The Kier molecular flexibility index (Phi) is 5.64. The number of piperidine rings is 1. The van der Waals surface area contributed by atoms with Crippen LogP contribution in [0.1, 0.15) is 41.1 Å². The van der Waals surface area contributed by atoms with E-state index in [4.69, 9.17) is 14.0 Å². The standard InChI is InChI=1S/C21H27N3O4/c1-26-18-7-5-6-16(10-18)13-22-21(14-27-15-21)12-17-11-19(28-23-17)20(25)24-8-3-2-4-9-24/h5-7,10-11,22H,2-4,8-9,12-15H2,1H3. The number of ether oxygens (including phenoxy) is 2. The first-order chi connectivity index (χ1) is 13.7. The summed E-state index contributed by atoms with van der Waals surface area (Å²) in [6.45, 7) is 3.53. The Bertz CT molecular complexity index is 809. The number of aromatic nitrogens is 1. The number of methoxy groups -OCH3 is 1. The highest BCUT2D eigenvalue weighted by Gasteiger charge is 2.39. The summed E-state index contributed by atoms with van der Waals surface area (Å²) in [5, 5.41) is 7.74. The van der Waals surface area contributed by atoms with Crippen molar-refractivity contribution in [3.05, 3.63) is 47.3 Å². The zero-order chi connectivity index (χ0) is 19.4. The number of benzene rings is 1. The minimum absolute atomic E-state index is 0.0540. The van der Waals surface area contributed by atoms with Crippen LogP contribution in [0.3, 0.4) is 0 Å². The number of carbonyl (C=O) groups excluding carboxylic acids is 1. The molecule has 2 fully saturated rings. The van der Waals surface area contributed by atoms with E-state index in [1.165, 1.54) is 6.42 Å². The summed E-state index contributed by atoms with van der Waals surface area (Å²) in [5.41, 5.74) is 1.74. The van der Waals surface area contributed by atoms with Gasteiger partial charge in [0, 0.05) is 32.1 Å². The van der Waals surface area contributed by atoms with Crippen molar-refractivity contribution in [3.63, 3.8) is 0 Å². The van der Waals surface area contributed by atoms with Crippen LogP contribution >= 0.6 is 0 Å². The van der Waals surface area contributed by atoms with Gasteiger partial charge in [0.25, 0.3) is 5.91 Å². The van der Waals surface area contributed by atoms with Crippen molar-refractivity contribution < 1.29 is 18.8 Å². The monoisotopic (exact) mass is 385 g/mol. The first-order valence-corrected chi connectivity index (χ1v) is 9.88. The lowest BCUT2D eigenvalue weighted by Crippen LogP contribution is -2.61. The third-order valence-electron chi connectivity index (χ3n) is 5.49. The molecule has 2 aromatic rings. The smallest absolute Gasteiger partial charge is 0.292 e. The van der Waals surface area contributed by atoms with Crippen molar-refractivity contribution in [2.75, 3.05) is 33.4 Å². The largest absolute Gasteiger partial charge is 0.497 e. The SMILES string of the molecule is COc1cccc(CNC2(Cc3cc(C(=O)N4CCCCC4)on3)COC2)c1. The first-order valence-electron chi connectivity index (χ1n) is 9.88. The summed E-state index contributed by atoms with van der Waals surface area (Å²) in [6.07, 6.45) is 3.96. The molecule has 0 bridgehead atoms. The van der Waals surface area contributed by atoms with Gasteiger partial charge in [-0.05, 0) is 37.0 Å². The van der Waals surface area contributed by atoms with E-state index in [-0.39, 0.29) is 11.4 Å². The molecule has 1 aromatic carbocycles. The number of hydrogen-bond donors (Lipinski definition) is 1. The van der Waals surface area contributed by atoms with Gasteiger partial charge in [-0.1, -0.05) is 17.3 Å². The van der Waals surface area contributed by atoms with Crippen LogP contribution in [0.4, 0.5) is 0 Å². The number of likely N-dealkylation sites (tertiary alicyclic amines) is 1. The summed E-state index contributed by atoms with van der Waals surface area (Å²) < 4.78 is 16.1. The Morgan fingerprint density at radius 3 is 2.79 bits per heavy atom. The number of rotatable bonds is 7. The maximum Gasteiger partial charge on any atom is 0.292 e. The number of carbonyl (C=O) groups is 1. The topological polar surface area (TPSA) is 76.8 Å². The summed E-state index contributed by atoms with van der Waals surface area (Å²) in [7, 11) is 1.67. The molecule has 0 saturated carbocycles. The van der Waals surface area contributed by atoms with Crippen LogP contribution < -0.4 is 10.1 Å². The maximum absolute atomic E-state index is 12.6. The van der Waals surface area contributed by atoms with Crippen LogP contribution in [0.5, 0.6) is 5.75 Å². The molecule has 2 aliphatic heterocycles. The summed E-state index contributed by atoms with van der Waals surface area (Å²) in [5.74, 6) is 1.12. The zero-order valence-corrected chi connectivity index (χ0v) is 16.3. The van der Waals surface area contributed by atoms with E-state index in [2.05, 4.69) is 16.5 Å². The zero-order valence-electron chi connectivity index (χ0n) is 16.3. The molecule has 1 N–H and O–H groups in total. The molecule has 7 heteroatoms. The fraction of sp³-hybridized carbons (Fsp3) is 0.524. The fourth-order valence-corrected chi connectivity index (χ4v) is 3.78. The molecule has 1 amide bonds. The van der Waals surface area contributed by atoms with Gasteiger partial charge in [-0.2, -0.15) is 0 Å². The molecular weight excluding hydrogens is 358 g/mol. The first kappa shape index (κ1) is 19.0. The number of nitrogens with zero attached hydrogens (tertiary/aromatic N) is 2. The van der Waals surface area contributed by atoms with Gasteiger partial charge in [0.05, 0.1) is 31.6 Å². The van der Waals surface area contributed by atoms with Crippen LogP contribution in [-0.2, 0) is 17.7 Å². The molecule has 4 rings (SSSR count). The van der Waals surface area contributed by atoms with Crippen LogP contribution in [0.15, 0.2) is 34.9 Å². The molecule has 0 spiro atoms. The molecule has 0 aliphatic carbocycles. The van der Waals surface area contributed by atoms with E-state index >= 15 is 0 Å². The highest BCUT2D eigenvalue weighted by molar-refractivity contribution is 5.91. The molecule has 0 unspecified atom stereocenters. The molecule has 150 valence electrons. The van der Waals surface area contributed by atoms with E-state index in [0.717, 1.165) is 42.9 Å². The second kappa shape index (κ2) is 8.32. The Morgan fingerprint density at radius 2 is 2.07 bits per heavy atom. The molecule has 2 aliphatic rings. The second-order valence-corrected chi connectivity index (χ2v) is 7.69. The van der Waals surface area contributed by atoms with Gasteiger partial charge in [0.15, 0.2) is 0 Å². The molecule has 0 atom stereocenters. The van der Waals surface area contributed by atoms with E-state index in [1.54, 1.807) is 13.2 Å². The molecular formula is C21H27N3O4. The van der Waals surface area contributed by atoms with Gasteiger partial charge in [-0.15, -0.1) is 0 Å². The quantitative estimate of drug-likeness (QED) is 0.789. The minimum atomic E-state index is -0.189. The van der Waals surface area contributed by atoms with Gasteiger partial charge in [0.1, 0.15) is 5.75 Å². The predicted octanol–water partition coefficient (Wildman–Crippen LogP) is 2.41. The van der Waals surface area contributed by atoms with Crippen molar-refractivity contribution in [2.45, 2.75) is 37.8 Å². The molecule has 3 heterocycles. The Balaban J connectivity index is 1.38. The van der Waals surface area contributed by atoms with Crippen LogP contribution in [0.25, 0.3) is 0 Å². The van der Waals surface area contributed by atoms with Crippen molar-refractivity contribution in [1.82, 2.24) is 15.4 Å². The van der Waals surface area contributed by atoms with E-state index in [1.807, 2.05) is 23.1 Å². The van der Waals surface area contributed by atoms with Crippen molar-refractivity contribution in [3.8, 4) is 5.75 Å². The normalized spacial score (nSPS) is 18.5. The van der Waals surface area contributed by atoms with Crippen molar-refractivity contribution in [1.29, 1.82) is 0 Å². The summed E-state index contributed by atoms with van der Waals surface area (Å²) in [6, 6.07) is 9.78. The number of amides is 1. The molecule has 7 nitrogen and oxygen atoms in total. The van der Waals surface area contributed by atoms with Crippen molar-refractivity contribution in [2.24, 2.45) is 0 Å². The van der Waals surface area contributed by atoms with Crippen LogP contribution in [-0.4, -0.2) is 54.9 Å². The third-order valence-corrected chi connectivity index (χ3v) is 5.49. The lowest BCUT2D eigenvalue weighted by molar-refractivity contribution is -0.0755. The van der Waals surface area contributed by atoms with E-state index in [9.17, 15) is 4.79 Å². The summed E-state index contributed by atoms with van der Waals surface area (Å²) in [4.78, 5) is 14.4. The Hall–Kier alpha value is -2.38. The molecule has 28 heavy (non-hydrogen) atoms. The van der Waals surface area contributed by atoms with Gasteiger partial charge in [-0.25, -0.2) is 0 Å². The van der Waals surface area contributed by atoms with E-state index in [0.29, 0.717) is 31.9 Å². The maximum atomic E-state index is 12.6. The highest BCUT2D eigenvalue weighted by Crippen LogP contribution is 2.24. The molecule has 0 radical (unpaired) electrons. The minimum Gasteiger partial charge on any atom is -0.497 e. The van der Waals surface area contributed by atoms with Gasteiger partial charge < -0.3 is 24.2 Å². The number of hydrogen-bond acceptors (Lipinski definition) is 6. The predicted molar refractivity (Wildman–Crippen MR) is 103 cm³/mol.